The number of carboxylic acids is 1. The van der Waals surface area contributed by atoms with Gasteiger partial charge in [-0.15, -0.1) is 0 Å². The van der Waals surface area contributed by atoms with E-state index in [9.17, 15) is 53.8 Å². The summed E-state index contributed by atoms with van der Waals surface area (Å²) in [5.74, 6) is -3.00. The lowest BCUT2D eigenvalue weighted by Gasteiger charge is -2.44. The Morgan fingerprint density at radius 2 is 1.50 bits per heavy atom. The SMILES string of the molecule is CCc1ccc(S(=O)(=O)C23CCN(C(=O)[C@H]4CC[C@](F)(C(=O)O)CC4)C2CCc2cc(C(F)(C(F)(F)F)C(F)(F)F)ccc23)cc1. The lowest BCUT2D eigenvalue weighted by Crippen LogP contribution is -2.54. The summed E-state index contributed by atoms with van der Waals surface area (Å²) < 4.78 is 138. The van der Waals surface area contributed by atoms with E-state index in [1.807, 2.05) is 6.92 Å². The summed E-state index contributed by atoms with van der Waals surface area (Å²) in [7, 11) is -4.50. The van der Waals surface area contributed by atoms with Crippen LogP contribution in [0.4, 0.5) is 35.1 Å². The molecular formula is C31H31F8NO5S. The van der Waals surface area contributed by atoms with Crippen molar-refractivity contribution in [2.75, 3.05) is 6.54 Å². The molecule has 2 atom stereocenters. The zero-order chi connectivity index (χ0) is 34.1. The number of likely N-dealkylation sites (tertiary alicyclic amines) is 1. The number of carbonyl (C=O) groups is 2. The highest BCUT2D eigenvalue weighted by atomic mass is 32.2. The van der Waals surface area contributed by atoms with E-state index in [0.29, 0.717) is 18.6 Å². The fourth-order valence-corrected chi connectivity index (χ4v) is 9.75. The third-order valence-electron chi connectivity index (χ3n) is 9.98. The average molecular weight is 682 g/mol. The predicted octanol–water partition coefficient (Wildman–Crippen LogP) is 6.74. The fourth-order valence-electron chi connectivity index (χ4n) is 7.38. The molecule has 0 spiro atoms. The van der Waals surface area contributed by atoms with Crippen LogP contribution in [0.5, 0.6) is 0 Å². The molecule has 1 amide bonds. The number of aliphatic carboxylic acids is 1. The van der Waals surface area contributed by atoms with Crippen molar-refractivity contribution in [1.82, 2.24) is 4.90 Å². The van der Waals surface area contributed by atoms with E-state index in [1.54, 1.807) is 12.1 Å². The Labute approximate surface area is 259 Å². The van der Waals surface area contributed by atoms with Crippen molar-refractivity contribution >= 4 is 21.7 Å². The van der Waals surface area contributed by atoms with E-state index in [-0.39, 0.29) is 54.7 Å². The number of carbonyl (C=O) groups excluding carboxylic acids is 1. The monoisotopic (exact) mass is 681 g/mol. The molecule has 1 saturated carbocycles. The summed E-state index contributed by atoms with van der Waals surface area (Å²) in [6.07, 6.45) is -13.9. The third kappa shape index (κ3) is 4.98. The normalized spacial score (nSPS) is 27.2. The molecule has 0 bridgehead atoms. The maximum absolute atomic E-state index is 15.0. The molecule has 5 rings (SSSR count). The highest BCUT2D eigenvalue weighted by molar-refractivity contribution is 7.92. The first-order valence-electron chi connectivity index (χ1n) is 14.8. The fraction of sp³-hybridized carbons (Fsp3) is 0.548. The van der Waals surface area contributed by atoms with Gasteiger partial charge in [0, 0.05) is 18.0 Å². The van der Waals surface area contributed by atoms with Crippen molar-refractivity contribution in [3.8, 4) is 0 Å². The van der Waals surface area contributed by atoms with Crippen LogP contribution in [0.1, 0.15) is 67.7 Å². The van der Waals surface area contributed by atoms with Crippen LogP contribution in [0.25, 0.3) is 0 Å². The molecule has 2 aliphatic carbocycles. The van der Waals surface area contributed by atoms with Crippen LogP contribution < -0.4 is 0 Å². The lowest BCUT2D eigenvalue weighted by atomic mass is 9.76. The Balaban J connectivity index is 1.62. The van der Waals surface area contributed by atoms with Crippen LogP contribution in [0, 0.1) is 5.92 Å². The molecular weight excluding hydrogens is 650 g/mol. The van der Waals surface area contributed by atoms with Gasteiger partial charge in [-0.1, -0.05) is 37.3 Å². The Morgan fingerprint density at radius 1 is 0.913 bits per heavy atom. The Bertz CT molecular complexity index is 1620. The molecule has 6 nitrogen and oxygen atoms in total. The quantitative estimate of drug-likeness (QED) is 0.342. The molecule has 0 aromatic heterocycles. The highest BCUT2D eigenvalue weighted by Gasteiger charge is 2.74. The molecule has 1 N–H and O–H groups in total. The van der Waals surface area contributed by atoms with E-state index < -0.39 is 80.5 Å². The molecule has 2 aromatic rings. The van der Waals surface area contributed by atoms with Crippen molar-refractivity contribution < 1.29 is 58.2 Å². The van der Waals surface area contributed by atoms with Gasteiger partial charge in [0.1, 0.15) is 4.75 Å². The standard InChI is InChI=1S/C31H31F8NO5S/c1-2-18-3-7-22(8-4-18)46(44,45)28-15-16-40(25(41)19-11-13-27(32,14-12-19)26(42)43)24(28)10-5-20-17-21(6-9-23(20)28)29(33,30(34,35)36)31(37,38)39/h3-4,6-9,17,19,24H,2,5,10-16H2,1H3,(H,42,43)/t19-,24?,27+,28?. The van der Waals surface area contributed by atoms with Crippen LogP contribution in [-0.4, -0.2) is 60.9 Å². The predicted molar refractivity (Wildman–Crippen MR) is 148 cm³/mol. The molecule has 1 saturated heterocycles. The van der Waals surface area contributed by atoms with Crippen molar-refractivity contribution in [1.29, 1.82) is 0 Å². The lowest BCUT2D eigenvalue weighted by molar-refractivity contribution is -0.348. The van der Waals surface area contributed by atoms with E-state index in [1.165, 1.54) is 17.0 Å². The second kappa shape index (κ2) is 11.2. The maximum Gasteiger partial charge on any atom is 0.435 e. The number of hydrogen-bond acceptors (Lipinski definition) is 4. The second-order valence-corrected chi connectivity index (χ2v) is 14.5. The van der Waals surface area contributed by atoms with Gasteiger partial charge < -0.3 is 10.0 Å². The number of amides is 1. The second-order valence-electron chi connectivity index (χ2n) is 12.3. The van der Waals surface area contributed by atoms with Gasteiger partial charge in [0.05, 0.1) is 10.9 Å². The molecule has 1 heterocycles. The minimum absolute atomic E-state index is 0.115. The van der Waals surface area contributed by atoms with E-state index in [2.05, 4.69) is 0 Å². The first kappa shape index (κ1) is 34.1. The number of benzene rings is 2. The van der Waals surface area contributed by atoms with E-state index >= 15 is 4.39 Å². The highest BCUT2D eigenvalue weighted by Crippen LogP contribution is 2.57. The first-order valence-corrected chi connectivity index (χ1v) is 16.3. The maximum atomic E-state index is 15.0. The van der Waals surface area contributed by atoms with Gasteiger partial charge in [0.25, 0.3) is 0 Å². The summed E-state index contributed by atoms with van der Waals surface area (Å²) in [6, 6.07) is 6.25. The number of rotatable bonds is 6. The zero-order valence-electron chi connectivity index (χ0n) is 24.5. The molecule has 2 fully saturated rings. The summed E-state index contributed by atoms with van der Waals surface area (Å²) >= 11 is 0. The molecule has 15 heteroatoms. The summed E-state index contributed by atoms with van der Waals surface area (Å²) in [4.78, 5) is 26.3. The molecule has 2 aromatic carbocycles. The molecule has 252 valence electrons. The Kier molecular flexibility index (Phi) is 8.30. The van der Waals surface area contributed by atoms with Gasteiger partial charge in [-0.2, -0.15) is 26.3 Å². The van der Waals surface area contributed by atoms with Crippen LogP contribution >= 0.6 is 0 Å². The van der Waals surface area contributed by atoms with Crippen LogP contribution in [0.3, 0.4) is 0 Å². The number of aryl methyl sites for hydroxylation is 2. The van der Waals surface area contributed by atoms with Crippen molar-refractivity contribution in [2.24, 2.45) is 5.92 Å². The van der Waals surface area contributed by atoms with Crippen LogP contribution in [0.15, 0.2) is 47.4 Å². The average Bonchev–Trinajstić information content (AvgIpc) is 3.41. The zero-order valence-corrected chi connectivity index (χ0v) is 25.3. The number of carboxylic acid groups (broad SMARTS) is 1. The number of nitrogens with zero attached hydrogens (tertiary/aromatic N) is 1. The largest absolute Gasteiger partial charge is 0.479 e. The minimum Gasteiger partial charge on any atom is -0.479 e. The number of sulfone groups is 1. The van der Waals surface area contributed by atoms with Gasteiger partial charge in [0.2, 0.25) is 11.6 Å². The smallest absolute Gasteiger partial charge is 0.435 e. The van der Waals surface area contributed by atoms with Gasteiger partial charge in [-0.25, -0.2) is 22.0 Å². The molecule has 46 heavy (non-hydrogen) atoms. The van der Waals surface area contributed by atoms with Gasteiger partial charge in [-0.3, -0.25) is 4.79 Å². The number of alkyl halides is 8. The Hall–Kier alpha value is -3.23. The first-order chi connectivity index (χ1) is 21.2. The number of fused-ring (bicyclic) bond motifs is 3. The van der Waals surface area contributed by atoms with Gasteiger partial charge in [-0.05, 0) is 80.2 Å². The molecule has 2 unspecified atom stereocenters. The van der Waals surface area contributed by atoms with Crippen LogP contribution in [0.2, 0.25) is 0 Å². The number of halogens is 8. The molecule has 1 aliphatic heterocycles. The molecule has 0 radical (unpaired) electrons. The summed E-state index contributed by atoms with van der Waals surface area (Å²) in [5, 5.41) is 9.22. The Morgan fingerprint density at radius 3 is 2.02 bits per heavy atom. The van der Waals surface area contributed by atoms with Gasteiger partial charge >= 0.3 is 24.0 Å². The number of hydrogen-bond donors (Lipinski definition) is 1. The minimum atomic E-state index is -6.37. The topological polar surface area (TPSA) is 91.8 Å². The van der Waals surface area contributed by atoms with Crippen molar-refractivity contribution in [3.05, 3.63) is 64.7 Å². The van der Waals surface area contributed by atoms with Crippen molar-refractivity contribution in [2.45, 2.75) is 97.7 Å². The summed E-state index contributed by atoms with van der Waals surface area (Å²) in [6.45, 7) is 1.69. The summed E-state index contributed by atoms with van der Waals surface area (Å²) in [5.41, 5.74) is -9.48. The van der Waals surface area contributed by atoms with E-state index in [0.717, 1.165) is 11.6 Å². The third-order valence-corrected chi connectivity index (χ3v) is 12.5. The van der Waals surface area contributed by atoms with Crippen LogP contribution in [-0.2, 0) is 42.7 Å². The van der Waals surface area contributed by atoms with E-state index in [4.69, 9.17) is 0 Å². The van der Waals surface area contributed by atoms with Gasteiger partial charge in [0.15, 0.2) is 9.84 Å². The molecule has 3 aliphatic rings. The van der Waals surface area contributed by atoms with Crippen molar-refractivity contribution in [3.63, 3.8) is 0 Å².